The van der Waals surface area contributed by atoms with Crippen LogP contribution >= 0.6 is 0 Å². The van der Waals surface area contributed by atoms with Crippen LogP contribution in [0.4, 0.5) is 4.79 Å². The molecule has 1 aliphatic heterocycles. The van der Waals surface area contributed by atoms with Crippen molar-refractivity contribution in [1.82, 2.24) is 0 Å². The summed E-state index contributed by atoms with van der Waals surface area (Å²) in [7, 11) is 1.61. The number of ether oxygens (including phenoxy) is 3. The average Bonchev–Trinajstić information content (AvgIpc) is 3.54. The molecule has 1 heterocycles. The highest BCUT2D eigenvalue weighted by Crippen LogP contribution is 2.47. The zero-order chi connectivity index (χ0) is 20.4. The number of fused-ring (bicyclic) bond motifs is 1. The summed E-state index contributed by atoms with van der Waals surface area (Å²) in [5, 5.41) is 21.1. The second-order valence-electron chi connectivity index (χ2n) is 6.98. The highest BCUT2D eigenvalue weighted by molar-refractivity contribution is 5.84. The zero-order valence-electron chi connectivity index (χ0n) is 15.7. The Morgan fingerprint density at radius 3 is 2.55 bits per heavy atom. The smallest absolute Gasteiger partial charge is 0.497 e. The first-order valence-corrected chi connectivity index (χ1v) is 9.15. The molecule has 146 valence electrons. The van der Waals surface area contributed by atoms with Gasteiger partial charge in [0, 0.05) is 6.42 Å². The predicted octanol–water partition coefficient (Wildman–Crippen LogP) is 4.49. The lowest BCUT2D eigenvalue weighted by Gasteiger charge is -2.24. The lowest BCUT2D eigenvalue weighted by Crippen LogP contribution is -2.41. The van der Waals surface area contributed by atoms with E-state index in [1.807, 2.05) is 66.7 Å². The molecule has 4 rings (SSSR count). The van der Waals surface area contributed by atoms with E-state index in [0.29, 0.717) is 0 Å². The van der Waals surface area contributed by atoms with Gasteiger partial charge in [-0.2, -0.15) is 5.26 Å². The minimum atomic E-state index is -1.63. The standard InChI is InChI=1S/C23H19NO5/c1-27-19-10-9-17-11-15(7-8-18(17)12-19)13-23(14-24,29-22(25)26)21-20(28-21)16-5-3-2-4-6-16/h2-12,20-21H,13H2,1H3,(H,25,26). The first kappa shape index (κ1) is 18.8. The summed E-state index contributed by atoms with van der Waals surface area (Å²) < 4.78 is 16.1. The number of nitriles is 1. The fourth-order valence-electron chi connectivity index (χ4n) is 3.65. The maximum Gasteiger partial charge on any atom is 0.507 e. The van der Waals surface area contributed by atoms with Gasteiger partial charge in [0.2, 0.25) is 5.60 Å². The summed E-state index contributed by atoms with van der Waals surface area (Å²) in [5.74, 6) is 0.753. The van der Waals surface area contributed by atoms with E-state index in [4.69, 9.17) is 14.2 Å². The van der Waals surface area contributed by atoms with Crippen LogP contribution in [0.2, 0.25) is 0 Å². The van der Waals surface area contributed by atoms with Crippen LogP contribution in [0.3, 0.4) is 0 Å². The van der Waals surface area contributed by atoms with Crippen molar-refractivity contribution in [2.75, 3.05) is 7.11 Å². The Bertz CT molecular complexity index is 1090. The number of epoxide rings is 1. The molecule has 6 nitrogen and oxygen atoms in total. The van der Waals surface area contributed by atoms with Crippen LogP contribution in [0.5, 0.6) is 5.75 Å². The number of methoxy groups -OCH3 is 1. The highest BCUT2D eigenvalue weighted by atomic mass is 16.7. The fourth-order valence-corrected chi connectivity index (χ4v) is 3.65. The van der Waals surface area contributed by atoms with Gasteiger partial charge in [0.05, 0.1) is 7.11 Å². The van der Waals surface area contributed by atoms with E-state index in [1.54, 1.807) is 7.11 Å². The molecular weight excluding hydrogens is 370 g/mol. The van der Waals surface area contributed by atoms with Crippen LogP contribution in [-0.2, 0) is 15.9 Å². The molecule has 0 bridgehead atoms. The molecule has 0 spiro atoms. The second kappa shape index (κ2) is 7.46. The van der Waals surface area contributed by atoms with Crippen LogP contribution < -0.4 is 4.74 Å². The van der Waals surface area contributed by atoms with Gasteiger partial charge in [-0.1, -0.05) is 54.6 Å². The van der Waals surface area contributed by atoms with Crippen molar-refractivity contribution in [2.24, 2.45) is 0 Å². The van der Waals surface area contributed by atoms with Gasteiger partial charge in [0.1, 0.15) is 24.0 Å². The van der Waals surface area contributed by atoms with Crippen molar-refractivity contribution >= 4 is 16.9 Å². The van der Waals surface area contributed by atoms with Crippen molar-refractivity contribution in [2.45, 2.75) is 24.2 Å². The van der Waals surface area contributed by atoms with Gasteiger partial charge >= 0.3 is 6.16 Å². The second-order valence-corrected chi connectivity index (χ2v) is 6.98. The van der Waals surface area contributed by atoms with Crippen LogP contribution in [0.15, 0.2) is 66.7 Å². The van der Waals surface area contributed by atoms with Gasteiger partial charge in [-0.25, -0.2) is 4.79 Å². The summed E-state index contributed by atoms with van der Waals surface area (Å²) in [6.45, 7) is 0. The third-order valence-corrected chi connectivity index (χ3v) is 5.12. The maximum absolute atomic E-state index is 11.4. The number of rotatable bonds is 6. The number of hydrogen-bond donors (Lipinski definition) is 1. The van der Waals surface area contributed by atoms with Crippen molar-refractivity contribution in [3.63, 3.8) is 0 Å². The SMILES string of the molecule is COc1ccc2cc(CC(C#N)(OC(=O)O)C3OC3c3ccccc3)ccc2c1. The first-order valence-electron chi connectivity index (χ1n) is 9.15. The fraction of sp³-hybridized carbons (Fsp3) is 0.217. The lowest BCUT2D eigenvalue weighted by molar-refractivity contribution is -0.000702. The van der Waals surface area contributed by atoms with E-state index in [9.17, 15) is 15.2 Å². The normalized spacial score (nSPS) is 19.7. The molecule has 0 amide bonds. The van der Waals surface area contributed by atoms with Crippen molar-refractivity contribution in [3.8, 4) is 11.8 Å². The summed E-state index contributed by atoms with van der Waals surface area (Å²) in [6, 6.07) is 22.9. The van der Waals surface area contributed by atoms with Crippen molar-refractivity contribution in [3.05, 3.63) is 77.9 Å². The van der Waals surface area contributed by atoms with E-state index in [0.717, 1.165) is 27.6 Å². The minimum Gasteiger partial charge on any atom is -0.497 e. The Kier molecular flexibility index (Phi) is 4.83. The predicted molar refractivity (Wildman–Crippen MR) is 106 cm³/mol. The topological polar surface area (TPSA) is 92.1 Å². The monoisotopic (exact) mass is 389 g/mol. The van der Waals surface area contributed by atoms with Crippen LogP contribution in [-0.4, -0.2) is 30.1 Å². The summed E-state index contributed by atoms with van der Waals surface area (Å²) in [4.78, 5) is 11.4. The third kappa shape index (κ3) is 3.73. The number of hydrogen-bond acceptors (Lipinski definition) is 5. The average molecular weight is 389 g/mol. The van der Waals surface area contributed by atoms with Gasteiger partial charge in [-0.3, -0.25) is 0 Å². The molecule has 3 aromatic rings. The molecule has 1 fully saturated rings. The molecule has 3 atom stereocenters. The van der Waals surface area contributed by atoms with Crippen LogP contribution in [0.1, 0.15) is 17.2 Å². The molecule has 0 radical (unpaired) electrons. The van der Waals surface area contributed by atoms with E-state index < -0.39 is 17.9 Å². The number of carbonyl (C=O) groups is 1. The van der Waals surface area contributed by atoms with Crippen LogP contribution in [0.25, 0.3) is 10.8 Å². The molecule has 0 aromatic heterocycles. The first-order chi connectivity index (χ1) is 14.0. The van der Waals surface area contributed by atoms with Gasteiger partial charge in [0.15, 0.2) is 0 Å². The zero-order valence-corrected chi connectivity index (χ0v) is 15.7. The quantitative estimate of drug-likeness (QED) is 0.493. The molecule has 29 heavy (non-hydrogen) atoms. The summed E-state index contributed by atoms with van der Waals surface area (Å²) in [5.41, 5.74) is 0.0384. The van der Waals surface area contributed by atoms with Crippen molar-refractivity contribution < 1.29 is 24.1 Å². The molecule has 6 heteroatoms. The number of benzene rings is 3. The van der Waals surface area contributed by atoms with Gasteiger partial charge < -0.3 is 19.3 Å². The number of carboxylic acid groups (broad SMARTS) is 1. The Labute approximate surface area is 167 Å². The Morgan fingerprint density at radius 2 is 1.86 bits per heavy atom. The Hall–Kier alpha value is -3.56. The molecule has 1 aliphatic rings. The molecule has 1 N–H and O–H groups in total. The molecule has 3 unspecified atom stereocenters. The number of nitrogens with zero attached hydrogens (tertiary/aromatic N) is 1. The van der Waals surface area contributed by atoms with Crippen molar-refractivity contribution in [1.29, 1.82) is 5.26 Å². The molecule has 1 saturated heterocycles. The maximum atomic E-state index is 11.4. The highest BCUT2D eigenvalue weighted by Gasteiger charge is 2.59. The van der Waals surface area contributed by atoms with E-state index in [-0.39, 0.29) is 12.5 Å². The summed E-state index contributed by atoms with van der Waals surface area (Å²) in [6.07, 6.45) is -2.46. The van der Waals surface area contributed by atoms with Gasteiger partial charge in [0.25, 0.3) is 0 Å². The minimum absolute atomic E-state index is 0.0891. The van der Waals surface area contributed by atoms with E-state index in [1.165, 1.54) is 0 Å². The lowest BCUT2D eigenvalue weighted by atomic mass is 9.88. The van der Waals surface area contributed by atoms with Gasteiger partial charge in [-0.15, -0.1) is 0 Å². The summed E-state index contributed by atoms with van der Waals surface area (Å²) >= 11 is 0. The molecular formula is C23H19NO5. The third-order valence-electron chi connectivity index (χ3n) is 5.12. The van der Waals surface area contributed by atoms with E-state index in [2.05, 4.69) is 6.07 Å². The van der Waals surface area contributed by atoms with Gasteiger partial charge in [-0.05, 0) is 34.0 Å². The molecule has 0 aliphatic carbocycles. The molecule has 0 saturated carbocycles. The largest absolute Gasteiger partial charge is 0.507 e. The van der Waals surface area contributed by atoms with E-state index >= 15 is 0 Å². The Balaban J connectivity index is 1.65. The molecule has 3 aromatic carbocycles. The van der Waals surface area contributed by atoms with Crippen LogP contribution in [0, 0.1) is 11.3 Å². The Morgan fingerprint density at radius 1 is 1.14 bits per heavy atom.